The molecule has 0 aliphatic carbocycles. The number of allylic oxidation sites excluding steroid dienone is 1. The Balaban J connectivity index is 0.000000947. The second-order valence-electron chi connectivity index (χ2n) is 8.86. The van der Waals surface area contributed by atoms with Gasteiger partial charge in [0, 0.05) is 55.5 Å². The smallest absolute Gasteiger partial charge is 0.762 e. The molecule has 0 atom stereocenters. The van der Waals surface area contributed by atoms with Gasteiger partial charge >= 0.3 is 7.54 Å². The number of nitro groups is 1. The molecule has 3 aromatic rings. The van der Waals surface area contributed by atoms with E-state index in [1.165, 1.54) is 28.2 Å². The van der Waals surface area contributed by atoms with Crippen molar-refractivity contribution in [1.82, 2.24) is 0 Å². The summed E-state index contributed by atoms with van der Waals surface area (Å²) in [7, 11) is 0.425. The van der Waals surface area contributed by atoms with Crippen molar-refractivity contribution < 1.29 is 27.2 Å². The number of fused-ring (bicyclic) bond motifs is 1. The number of nitrogens with zero attached hydrogens (tertiary/aromatic N) is 3. The number of para-hydroxylation sites is 2. The van der Waals surface area contributed by atoms with Crippen LogP contribution in [0.1, 0.15) is 29.5 Å². The van der Waals surface area contributed by atoms with Crippen LogP contribution in [-0.4, -0.2) is 43.4 Å². The minimum Gasteiger partial charge on any atom is -1.00 e. The molecule has 0 aromatic heterocycles. The topological polar surface area (TPSA) is 49.4 Å². The molecule has 1 aliphatic heterocycles. The summed E-state index contributed by atoms with van der Waals surface area (Å²) in [6, 6.07) is 24.2. The third kappa shape index (κ3) is 8.57. The Morgan fingerprint density at radius 3 is 2.24 bits per heavy atom. The van der Waals surface area contributed by atoms with Crippen LogP contribution in [0.5, 0.6) is 0 Å². The van der Waals surface area contributed by atoms with Crippen LogP contribution < -0.4 is 9.60 Å². The van der Waals surface area contributed by atoms with Crippen molar-refractivity contribution in [2.24, 2.45) is 0 Å². The van der Waals surface area contributed by atoms with Crippen molar-refractivity contribution in [2.45, 2.75) is 25.7 Å². The average Bonchev–Trinajstić information content (AvgIpc) is 3.23. The highest BCUT2D eigenvalue weighted by Crippen LogP contribution is 2.27. The van der Waals surface area contributed by atoms with E-state index < -0.39 is 7.54 Å². The minimum atomic E-state index is -3.67. The molecule has 0 saturated heterocycles. The molecule has 0 amide bonds. The van der Waals surface area contributed by atoms with Crippen molar-refractivity contribution in [3.05, 3.63) is 106 Å². The van der Waals surface area contributed by atoms with Crippen LogP contribution in [0.2, 0.25) is 0 Å². The van der Waals surface area contributed by atoms with E-state index in [9.17, 15) is 23.1 Å². The van der Waals surface area contributed by atoms with Crippen molar-refractivity contribution in [2.75, 3.05) is 25.5 Å². The van der Waals surface area contributed by atoms with Gasteiger partial charge in [0.1, 0.15) is 6.54 Å². The molecule has 38 heavy (non-hydrogen) atoms. The molecule has 0 radical (unpaired) electrons. The third-order valence-corrected chi connectivity index (χ3v) is 6.14. The number of anilines is 1. The Morgan fingerprint density at radius 2 is 1.58 bits per heavy atom. The van der Waals surface area contributed by atoms with Crippen molar-refractivity contribution >= 4 is 36.4 Å². The van der Waals surface area contributed by atoms with Gasteiger partial charge in [0.2, 0.25) is 5.69 Å². The van der Waals surface area contributed by atoms with Crippen LogP contribution in [0.4, 0.5) is 30.0 Å². The lowest BCUT2D eigenvalue weighted by Crippen LogP contribution is -3.00. The summed E-state index contributed by atoms with van der Waals surface area (Å²) in [5.74, 6) is 0. The van der Waals surface area contributed by atoms with Gasteiger partial charge in [-0.1, -0.05) is 48.5 Å². The van der Waals surface area contributed by atoms with Gasteiger partial charge < -0.3 is 9.60 Å². The quantitative estimate of drug-likeness (QED) is 0.106. The molecule has 0 saturated carbocycles. The van der Waals surface area contributed by atoms with Crippen LogP contribution in [0, 0.1) is 10.1 Å². The maximum Gasteiger partial charge on any atom is 0.762 e. The summed E-state index contributed by atoms with van der Waals surface area (Å²) in [6.45, 7) is 0.900. The highest BCUT2D eigenvalue weighted by molar-refractivity contribution is 6.33. The molecule has 0 spiro atoms. The number of unbranched alkanes of at least 4 members (excludes halogenated alkanes) is 1. The Labute approximate surface area is 220 Å². The lowest BCUT2D eigenvalue weighted by Gasteiger charge is -2.11. The Hall–Kier alpha value is -3.95. The van der Waals surface area contributed by atoms with Crippen molar-refractivity contribution in [1.29, 1.82) is 0 Å². The van der Waals surface area contributed by atoms with Crippen LogP contribution in [0.3, 0.4) is 0 Å². The zero-order valence-corrected chi connectivity index (χ0v) is 21.4. The monoisotopic (exact) mass is 527 g/mol. The summed E-state index contributed by atoms with van der Waals surface area (Å²) in [5.41, 5.74) is 7.31. The number of hydrogen-bond donors (Lipinski definition) is 0. The van der Waals surface area contributed by atoms with E-state index in [2.05, 4.69) is 70.2 Å². The van der Waals surface area contributed by atoms with Gasteiger partial charge in [-0.15, -0.1) is 0 Å². The van der Waals surface area contributed by atoms with E-state index in [4.69, 9.17) is 0 Å². The van der Waals surface area contributed by atoms with Gasteiger partial charge in [0.05, 0.1) is 11.3 Å². The van der Waals surface area contributed by atoms with Gasteiger partial charge in [-0.25, -0.2) is 0 Å². The van der Waals surface area contributed by atoms with Gasteiger partial charge in [0.15, 0.2) is 5.71 Å². The van der Waals surface area contributed by atoms with Crippen LogP contribution in [0.25, 0.3) is 6.08 Å². The first kappa shape index (κ1) is 30.3. The standard InChI is InChI=1S/C28H30N3O2.BF3.FH/c1-29(2)25-17-14-22(15-18-25)16-19-26-21-24-11-4-5-12-27(24)30(26)20-8-7-10-23-9-3-6-13-28(23)31(32)33;2-1(3)4;/h3-6,9,11-19H,7-8,10,20-21H2,1-2H3;;1H/q+1;;/p-1. The fourth-order valence-corrected chi connectivity index (χ4v) is 4.34. The maximum absolute atomic E-state index is 11.3. The lowest BCUT2D eigenvalue weighted by atomic mass is 10.1. The maximum atomic E-state index is 11.3. The second kappa shape index (κ2) is 14.7. The summed E-state index contributed by atoms with van der Waals surface area (Å²) in [6.07, 6.45) is 7.93. The summed E-state index contributed by atoms with van der Waals surface area (Å²) in [5, 5.41) is 11.3. The normalized spacial score (nSPS) is 11.9. The van der Waals surface area contributed by atoms with E-state index in [0.717, 1.165) is 37.8 Å². The Kier molecular flexibility index (Phi) is 11.7. The van der Waals surface area contributed by atoms with Gasteiger partial charge in [0.25, 0.3) is 5.69 Å². The van der Waals surface area contributed by atoms with E-state index in [1.807, 2.05) is 26.2 Å². The molecular weight excluding hydrogens is 497 g/mol. The molecule has 0 N–H and O–H groups in total. The Morgan fingerprint density at radius 1 is 0.947 bits per heavy atom. The van der Waals surface area contributed by atoms with Crippen molar-refractivity contribution in [3.63, 3.8) is 0 Å². The molecule has 200 valence electrons. The lowest BCUT2D eigenvalue weighted by molar-refractivity contribution is -0.437. The molecule has 10 heteroatoms. The molecule has 0 unspecified atom stereocenters. The first-order valence-electron chi connectivity index (χ1n) is 12.1. The molecule has 1 heterocycles. The predicted octanol–water partition coefficient (Wildman–Crippen LogP) is 3.92. The van der Waals surface area contributed by atoms with E-state index in [0.29, 0.717) is 0 Å². The molecule has 4 rings (SSSR count). The molecule has 0 fully saturated rings. The summed E-state index contributed by atoms with van der Waals surface area (Å²) < 4.78 is 31.4. The first-order valence-corrected chi connectivity index (χ1v) is 12.1. The highest BCUT2D eigenvalue weighted by Gasteiger charge is 2.27. The minimum absolute atomic E-state index is 0. The highest BCUT2D eigenvalue weighted by atomic mass is 19.4. The van der Waals surface area contributed by atoms with E-state index >= 15 is 0 Å². The van der Waals surface area contributed by atoms with Crippen molar-refractivity contribution in [3.8, 4) is 0 Å². The number of hydrogen-bond acceptors (Lipinski definition) is 3. The van der Waals surface area contributed by atoms with Gasteiger partial charge in [-0.05, 0) is 36.6 Å². The van der Waals surface area contributed by atoms with Crippen LogP contribution >= 0.6 is 0 Å². The zero-order valence-electron chi connectivity index (χ0n) is 21.4. The first-order chi connectivity index (χ1) is 17.8. The molecule has 1 aliphatic rings. The number of halogens is 4. The molecule has 3 aromatic carbocycles. The Bertz CT molecular complexity index is 1260. The number of aryl methyl sites for hydroxylation is 1. The molecule has 0 bridgehead atoms. The SMILES string of the molecule is CN(C)c1ccc(C=CC2=[N+](CCCCc3ccccc3[N+](=O)[O-])c3ccccc3C2)cc1.FB(F)F.[F-]. The summed E-state index contributed by atoms with van der Waals surface area (Å²) >= 11 is 0. The summed E-state index contributed by atoms with van der Waals surface area (Å²) in [4.78, 5) is 13.1. The van der Waals surface area contributed by atoms with E-state index in [1.54, 1.807) is 12.1 Å². The second-order valence-corrected chi connectivity index (χ2v) is 8.86. The van der Waals surface area contributed by atoms with Crippen LogP contribution in [-0.2, 0) is 12.8 Å². The fraction of sp³-hybridized carbons (Fsp3) is 0.250. The number of benzene rings is 3. The average molecular weight is 527 g/mol. The van der Waals surface area contributed by atoms with Gasteiger partial charge in [-0.3, -0.25) is 23.1 Å². The number of nitro benzene ring substituents is 1. The zero-order chi connectivity index (χ0) is 26.8. The van der Waals surface area contributed by atoms with Crippen LogP contribution in [0.15, 0.2) is 78.9 Å². The number of rotatable bonds is 9. The molecule has 5 nitrogen and oxygen atoms in total. The third-order valence-electron chi connectivity index (χ3n) is 6.14. The van der Waals surface area contributed by atoms with E-state index in [-0.39, 0.29) is 15.3 Å². The molecular formula is C28H30BF4N3O2. The predicted molar refractivity (Wildman–Crippen MR) is 145 cm³/mol. The fourth-order valence-electron chi connectivity index (χ4n) is 4.34. The van der Waals surface area contributed by atoms with Gasteiger partial charge in [-0.2, -0.15) is 4.58 Å². The largest absolute Gasteiger partial charge is 1.00 e.